The Morgan fingerprint density at radius 3 is 2.43 bits per heavy atom. The van der Waals surface area contributed by atoms with Gasteiger partial charge in [0, 0.05) is 43.4 Å². The van der Waals surface area contributed by atoms with Gasteiger partial charge in [0.2, 0.25) is 0 Å². The maximum Gasteiger partial charge on any atom is 0.420 e. The van der Waals surface area contributed by atoms with Crippen LogP contribution in [0.5, 0.6) is 0 Å². The second-order valence-corrected chi connectivity index (χ2v) is 8.34. The van der Waals surface area contributed by atoms with Gasteiger partial charge in [-0.25, -0.2) is 13.6 Å². The molecule has 0 spiro atoms. The summed E-state index contributed by atoms with van der Waals surface area (Å²) in [5, 5.41) is 0. The number of fused-ring (bicyclic) bond motifs is 1. The first-order chi connectivity index (χ1) is 13.4. The van der Waals surface area contributed by atoms with E-state index in [-0.39, 0.29) is 17.2 Å². The molecular weight excluding hydrogens is 366 g/mol. The van der Waals surface area contributed by atoms with Crippen LogP contribution < -0.4 is 5.76 Å². The minimum Gasteiger partial charge on any atom is -0.408 e. The molecule has 2 aliphatic rings. The first kappa shape index (κ1) is 19.6. The third kappa shape index (κ3) is 3.50. The van der Waals surface area contributed by atoms with Crippen LogP contribution in [0.2, 0.25) is 0 Å². The van der Waals surface area contributed by atoms with E-state index in [1.807, 2.05) is 6.92 Å². The summed E-state index contributed by atoms with van der Waals surface area (Å²) in [5.41, 5.74) is 0.607. The van der Waals surface area contributed by atoms with Crippen LogP contribution >= 0.6 is 0 Å². The normalized spacial score (nSPS) is 27.5. The average molecular weight is 394 g/mol. The van der Waals surface area contributed by atoms with Crippen molar-refractivity contribution >= 4 is 11.1 Å². The molecule has 1 aliphatic heterocycles. The van der Waals surface area contributed by atoms with Crippen molar-refractivity contribution in [3.8, 4) is 0 Å². The minimum atomic E-state index is -1.00. The first-order valence-corrected chi connectivity index (χ1v) is 10.3. The van der Waals surface area contributed by atoms with Gasteiger partial charge in [0.25, 0.3) is 0 Å². The van der Waals surface area contributed by atoms with E-state index in [4.69, 9.17) is 9.15 Å². The third-order valence-electron chi connectivity index (χ3n) is 6.66. The molecule has 2 fully saturated rings. The Bertz CT molecular complexity index is 891. The molecule has 1 aliphatic carbocycles. The number of halogens is 2. The van der Waals surface area contributed by atoms with E-state index < -0.39 is 17.4 Å². The van der Waals surface area contributed by atoms with Crippen LogP contribution in [0.1, 0.15) is 58.4 Å². The maximum atomic E-state index is 13.7. The van der Waals surface area contributed by atoms with Crippen molar-refractivity contribution in [3.05, 3.63) is 34.3 Å². The highest BCUT2D eigenvalue weighted by Crippen LogP contribution is 2.38. The van der Waals surface area contributed by atoms with Crippen LogP contribution in [-0.4, -0.2) is 40.8 Å². The molecule has 1 saturated carbocycles. The van der Waals surface area contributed by atoms with Gasteiger partial charge in [-0.1, -0.05) is 0 Å². The van der Waals surface area contributed by atoms with Crippen molar-refractivity contribution in [3.63, 3.8) is 0 Å². The van der Waals surface area contributed by atoms with Crippen LogP contribution in [0, 0.1) is 11.6 Å². The molecule has 7 heteroatoms. The van der Waals surface area contributed by atoms with Crippen molar-refractivity contribution < 1.29 is 17.9 Å². The van der Waals surface area contributed by atoms with Crippen LogP contribution in [0.25, 0.3) is 11.1 Å². The number of piperidine rings is 1. The largest absolute Gasteiger partial charge is 0.420 e. The minimum absolute atomic E-state index is 0.0572. The summed E-state index contributed by atoms with van der Waals surface area (Å²) in [6, 6.07) is 1.96. The Kier molecular flexibility index (Phi) is 5.31. The van der Waals surface area contributed by atoms with E-state index in [9.17, 15) is 13.6 Å². The number of hydrogen-bond acceptors (Lipinski definition) is 4. The Balaban J connectivity index is 1.46. The van der Waals surface area contributed by atoms with E-state index in [0.717, 1.165) is 70.4 Å². The SMILES string of the molecule is CCO[C@H]1CC[C@](C)(N2CCC(n3c(=O)oc4cc(F)c(F)cc43)CC2)CC1. The van der Waals surface area contributed by atoms with Gasteiger partial charge in [0.15, 0.2) is 17.2 Å². The summed E-state index contributed by atoms with van der Waals surface area (Å²) in [5.74, 6) is -2.50. The van der Waals surface area contributed by atoms with E-state index >= 15 is 0 Å². The second kappa shape index (κ2) is 7.59. The van der Waals surface area contributed by atoms with Crippen LogP contribution in [-0.2, 0) is 4.74 Å². The highest BCUT2D eigenvalue weighted by Gasteiger charge is 2.38. The monoisotopic (exact) mass is 394 g/mol. The molecule has 5 nitrogen and oxygen atoms in total. The second-order valence-electron chi connectivity index (χ2n) is 8.34. The zero-order chi connectivity index (χ0) is 19.9. The van der Waals surface area contributed by atoms with Gasteiger partial charge in [-0.2, -0.15) is 0 Å². The van der Waals surface area contributed by atoms with Gasteiger partial charge in [-0.05, 0) is 52.4 Å². The molecular formula is C21H28F2N2O3. The number of ether oxygens (including phenoxy) is 1. The average Bonchev–Trinajstić information content (AvgIpc) is 2.99. The number of oxazole rings is 1. The van der Waals surface area contributed by atoms with Crippen molar-refractivity contribution in [1.29, 1.82) is 0 Å². The Morgan fingerprint density at radius 1 is 1.14 bits per heavy atom. The summed E-state index contributed by atoms with van der Waals surface area (Å²) in [7, 11) is 0. The lowest BCUT2D eigenvalue weighted by atomic mass is 9.79. The molecule has 0 unspecified atom stereocenters. The number of aromatic nitrogens is 1. The molecule has 0 amide bonds. The number of rotatable bonds is 4. The lowest BCUT2D eigenvalue weighted by Gasteiger charge is -2.48. The van der Waals surface area contributed by atoms with E-state index in [1.54, 1.807) is 0 Å². The highest BCUT2D eigenvalue weighted by molar-refractivity contribution is 5.73. The molecule has 0 bridgehead atoms. The molecule has 4 rings (SSSR count). The van der Waals surface area contributed by atoms with Gasteiger partial charge >= 0.3 is 5.76 Å². The molecule has 1 aromatic heterocycles. The van der Waals surface area contributed by atoms with Gasteiger partial charge in [0.1, 0.15) is 0 Å². The fourth-order valence-corrected chi connectivity index (χ4v) is 4.97. The molecule has 0 N–H and O–H groups in total. The third-order valence-corrected chi connectivity index (χ3v) is 6.66. The summed E-state index contributed by atoms with van der Waals surface area (Å²) in [4.78, 5) is 14.9. The summed E-state index contributed by atoms with van der Waals surface area (Å²) < 4.78 is 39.6. The zero-order valence-corrected chi connectivity index (χ0v) is 16.5. The Labute approximate surface area is 163 Å². The molecule has 28 heavy (non-hydrogen) atoms. The van der Waals surface area contributed by atoms with E-state index in [0.29, 0.717) is 11.6 Å². The molecule has 0 radical (unpaired) electrons. The quantitative estimate of drug-likeness (QED) is 0.778. The molecule has 154 valence electrons. The van der Waals surface area contributed by atoms with E-state index in [1.165, 1.54) is 4.57 Å². The number of hydrogen-bond donors (Lipinski definition) is 0. The predicted octanol–water partition coefficient (Wildman–Crippen LogP) is 4.25. The number of likely N-dealkylation sites (tertiary alicyclic amines) is 1. The molecule has 2 heterocycles. The first-order valence-electron chi connectivity index (χ1n) is 10.3. The molecule has 2 aromatic rings. The topological polar surface area (TPSA) is 47.6 Å². The molecule has 1 saturated heterocycles. The standard InChI is InChI=1S/C21H28F2N2O3/c1-3-27-15-4-8-21(2,9-5-15)24-10-6-14(7-11-24)25-18-12-16(22)17(23)13-19(18)28-20(25)26/h12-15H,3-11H2,1-2H3/t15-,21-. The lowest BCUT2D eigenvalue weighted by molar-refractivity contribution is -0.0274. The number of benzene rings is 1. The van der Waals surface area contributed by atoms with Crippen molar-refractivity contribution in [2.75, 3.05) is 19.7 Å². The Hall–Kier alpha value is -1.73. The van der Waals surface area contributed by atoms with E-state index in [2.05, 4.69) is 11.8 Å². The van der Waals surface area contributed by atoms with Gasteiger partial charge in [-0.15, -0.1) is 0 Å². The van der Waals surface area contributed by atoms with Crippen LogP contribution in [0.4, 0.5) is 8.78 Å². The van der Waals surface area contributed by atoms with Crippen LogP contribution in [0.3, 0.4) is 0 Å². The number of nitrogens with zero attached hydrogens (tertiary/aromatic N) is 2. The maximum absolute atomic E-state index is 13.7. The van der Waals surface area contributed by atoms with Gasteiger partial charge < -0.3 is 9.15 Å². The fraction of sp³-hybridized carbons (Fsp3) is 0.667. The van der Waals surface area contributed by atoms with Crippen molar-refractivity contribution in [2.24, 2.45) is 0 Å². The summed E-state index contributed by atoms with van der Waals surface area (Å²) in [6.45, 7) is 6.89. The predicted molar refractivity (Wildman–Crippen MR) is 103 cm³/mol. The fourth-order valence-electron chi connectivity index (χ4n) is 4.97. The van der Waals surface area contributed by atoms with Crippen molar-refractivity contribution in [1.82, 2.24) is 9.47 Å². The highest BCUT2D eigenvalue weighted by atomic mass is 19.2. The molecule has 0 atom stereocenters. The Morgan fingerprint density at radius 2 is 1.79 bits per heavy atom. The summed E-state index contributed by atoms with van der Waals surface area (Å²) >= 11 is 0. The van der Waals surface area contributed by atoms with Crippen molar-refractivity contribution in [2.45, 2.75) is 70.1 Å². The lowest BCUT2D eigenvalue weighted by Crippen LogP contribution is -2.52. The summed E-state index contributed by atoms with van der Waals surface area (Å²) in [6.07, 6.45) is 6.35. The molecule has 1 aromatic carbocycles. The van der Waals surface area contributed by atoms with Gasteiger partial charge in [0.05, 0.1) is 11.6 Å². The van der Waals surface area contributed by atoms with Gasteiger partial charge in [-0.3, -0.25) is 9.47 Å². The smallest absolute Gasteiger partial charge is 0.408 e. The zero-order valence-electron chi connectivity index (χ0n) is 16.5. The van der Waals surface area contributed by atoms with Crippen LogP contribution in [0.15, 0.2) is 21.3 Å².